The zero-order valence-electron chi connectivity index (χ0n) is 28.3. The predicted octanol–water partition coefficient (Wildman–Crippen LogP) is 3.01. The van der Waals surface area contributed by atoms with Crippen molar-refractivity contribution < 1.29 is 29.0 Å². The van der Waals surface area contributed by atoms with Gasteiger partial charge in [0.1, 0.15) is 11.8 Å². The highest BCUT2D eigenvalue weighted by atomic mass is 32.2. The Morgan fingerprint density at radius 3 is 2.37 bits per heavy atom. The molecule has 0 saturated carbocycles. The van der Waals surface area contributed by atoms with Crippen LogP contribution in [0.25, 0.3) is 0 Å². The van der Waals surface area contributed by atoms with Crippen LogP contribution in [0.2, 0.25) is 0 Å². The molecule has 5 aliphatic rings. The second-order valence-corrected chi connectivity index (χ2v) is 15.5. The number of nitrogens with zero attached hydrogens (tertiary/aromatic N) is 4. The van der Waals surface area contributed by atoms with Crippen molar-refractivity contribution >= 4 is 35.2 Å². The first-order chi connectivity index (χ1) is 23.8. The van der Waals surface area contributed by atoms with Crippen LogP contribution < -0.4 is 9.64 Å². The van der Waals surface area contributed by atoms with E-state index in [0.717, 1.165) is 30.1 Å². The van der Waals surface area contributed by atoms with Crippen LogP contribution in [0, 0.1) is 11.8 Å². The molecule has 10 nitrogen and oxygen atoms in total. The van der Waals surface area contributed by atoms with Crippen LogP contribution >= 0.6 is 11.8 Å². The number of carbonyl (C=O) groups is 3. The lowest BCUT2D eigenvalue weighted by Crippen LogP contribution is -2.58. The average molecular weight is 687 g/mol. The van der Waals surface area contributed by atoms with Crippen molar-refractivity contribution in [3.05, 3.63) is 84.5 Å². The molecule has 0 bridgehead atoms. The number of thioether (sulfide) groups is 1. The lowest BCUT2D eigenvalue weighted by Gasteiger charge is -2.40. The molecule has 2 aromatic carbocycles. The second-order valence-electron chi connectivity index (χ2n) is 13.7. The van der Waals surface area contributed by atoms with Gasteiger partial charge in [-0.05, 0) is 50.1 Å². The fourth-order valence-corrected chi connectivity index (χ4v) is 10.6. The molecule has 5 aliphatic heterocycles. The van der Waals surface area contributed by atoms with E-state index in [0.29, 0.717) is 52.4 Å². The number of aliphatic hydroxyl groups excluding tert-OH is 1. The Hall–Kier alpha value is -3.64. The Morgan fingerprint density at radius 2 is 1.65 bits per heavy atom. The summed E-state index contributed by atoms with van der Waals surface area (Å²) in [5, 5.41) is 10.9. The van der Waals surface area contributed by atoms with E-state index in [4.69, 9.17) is 9.47 Å². The molecule has 260 valence electrons. The van der Waals surface area contributed by atoms with Crippen LogP contribution in [0.4, 0.5) is 5.69 Å². The largest absolute Gasteiger partial charge is 0.494 e. The maximum Gasteiger partial charge on any atom is 0.247 e. The van der Waals surface area contributed by atoms with Gasteiger partial charge >= 0.3 is 0 Å². The maximum absolute atomic E-state index is 15.1. The Morgan fingerprint density at radius 1 is 0.918 bits per heavy atom. The number of aliphatic hydroxyl groups is 1. The highest BCUT2D eigenvalue weighted by molar-refractivity contribution is 8.02. The monoisotopic (exact) mass is 686 g/mol. The number of morpholine rings is 1. The van der Waals surface area contributed by atoms with Gasteiger partial charge in [-0.2, -0.15) is 0 Å². The molecular formula is C38H46N4O6S. The standard InChI is InChI=1S/C38H46N4O6S/c1-3-48-30-13-11-28(12-14-30)41-18-7-15-37(2)31(34(41)44)32-35(45)42(29(26-43)25-27-9-5-4-6-10-27)33-36(46)40(17-8-16-38(32,33)49-37)20-19-39-21-23-47-24-22-39/h4-16,29,31-33,43H,3,17-26H2,1-2H3/t29-,31-,32+,33?,37+,38+/m1/s1. The third kappa shape index (κ3) is 6.09. The molecule has 49 heavy (non-hydrogen) atoms. The third-order valence-corrected chi connectivity index (χ3v) is 12.5. The van der Waals surface area contributed by atoms with Crippen LogP contribution in [-0.4, -0.2) is 125 Å². The Balaban J connectivity index is 1.27. The molecule has 0 radical (unpaired) electrons. The summed E-state index contributed by atoms with van der Waals surface area (Å²) in [6.07, 6.45) is 8.55. The summed E-state index contributed by atoms with van der Waals surface area (Å²) < 4.78 is 9.44. The molecule has 0 aliphatic carbocycles. The number of rotatable bonds is 10. The van der Waals surface area contributed by atoms with Gasteiger partial charge in [0.2, 0.25) is 17.7 Å². The second kappa shape index (κ2) is 13.9. The fourth-order valence-electron chi connectivity index (χ4n) is 8.45. The van der Waals surface area contributed by atoms with E-state index in [-0.39, 0.29) is 24.3 Å². The molecule has 1 N–H and O–H groups in total. The van der Waals surface area contributed by atoms with Gasteiger partial charge in [-0.25, -0.2) is 0 Å². The summed E-state index contributed by atoms with van der Waals surface area (Å²) in [7, 11) is 0. The van der Waals surface area contributed by atoms with Crippen LogP contribution in [0.1, 0.15) is 19.4 Å². The van der Waals surface area contributed by atoms with Crippen LogP contribution in [-0.2, 0) is 25.5 Å². The van der Waals surface area contributed by atoms with Crippen LogP contribution in [0.15, 0.2) is 78.9 Å². The van der Waals surface area contributed by atoms with E-state index in [1.165, 1.54) is 0 Å². The highest BCUT2D eigenvalue weighted by Gasteiger charge is 2.74. The summed E-state index contributed by atoms with van der Waals surface area (Å²) in [5.74, 6) is -1.31. The number of hydrogen-bond acceptors (Lipinski definition) is 8. The molecule has 1 unspecified atom stereocenters. The van der Waals surface area contributed by atoms with E-state index < -0.39 is 33.4 Å². The van der Waals surface area contributed by atoms with Gasteiger partial charge in [-0.3, -0.25) is 19.3 Å². The molecule has 6 atom stereocenters. The molecule has 3 amide bonds. The molecule has 2 aromatic rings. The van der Waals surface area contributed by atoms with E-state index >= 15 is 4.79 Å². The van der Waals surface area contributed by atoms with Crippen molar-refractivity contribution in [1.29, 1.82) is 0 Å². The van der Waals surface area contributed by atoms with Gasteiger partial charge in [-0.1, -0.05) is 54.6 Å². The van der Waals surface area contributed by atoms with Gasteiger partial charge in [0, 0.05) is 49.7 Å². The average Bonchev–Trinajstić information content (AvgIpc) is 3.39. The summed E-state index contributed by atoms with van der Waals surface area (Å²) in [4.78, 5) is 52.4. The Kier molecular flexibility index (Phi) is 9.62. The van der Waals surface area contributed by atoms with E-state index in [1.54, 1.807) is 21.6 Å². The first-order valence-electron chi connectivity index (χ1n) is 17.5. The first-order valence-corrected chi connectivity index (χ1v) is 18.3. The summed E-state index contributed by atoms with van der Waals surface area (Å²) >= 11 is 1.57. The van der Waals surface area contributed by atoms with Crippen molar-refractivity contribution in [3.8, 4) is 5.75 Å². The van der Waals surface area contributed by atoms with E-state index in [1.807, 2.05) is 85.5 Å². The lowest BCUT2D eigenvalue weighted by molar-refractivity contribution is -0.145. The third-order valence-electron chi connectivity index (χ3n) is 10.7. The maximum atomic E-state index is 15.1. The Bertz CT molecular complexity index is 1600. The van der Waals surface area contributed by atoms with Gasteiger partial charge in [0.25, 0.3) is 0 Å². The summed E-state index contributed by atoms with van der Waals surface area (Å²) in [5.41, 5.74) is 1.69. The SMILES string of the molecule is CCOc1ccc(N2CC=C[C@]3(C)S[C@]45C=CCN(CCN6CCOCC6)C(=O)C4N([C@@H](CO)Cc4ccccc4)C(=O)[C@@H]5[C@@H]3C2=O)cc1. The van der Waals surface area contributed by atoms with E-state index in [2.05, 4.69) is 17.1 Å². The Labute approximate surface area is 292 Å². The van der Waals surface area contributed by atoms with Gasteiger partial charge in [0.05, 0.1) is 49.1 Å². The number of fused-ring (bicyclic) bond motifs is 2. The summed E-state index contributed by atoms with van der Waals surface area (Å²) in [6.45, 7) is 9.20. The minimum absolute atomic E-state index is 0.132. The number of ether oxygens (including phenoxy) is 2. The topological polar surface area (TPSA) is 103 Å². The molecule has 11 heteroatoms. The number of carbonyl (C=O) groups excluding carboxylic acids is 3. The number of anilines is 1. The quantitative estimate of drug-likeness (QED) is 0.381. The molecule has 3 saturated heterocycles. The zero-order chi connectivity index (χ0) is 34.2. The van der Waals surface area contributed by atoms with Gasteiger partial charge < -0.3 is 29.3 Å². The van der Waals surface area contributed by atoms with Crippen molar-refractivity contribution in [2.75, 3.05) is 70.6 Å². The van der Waals surface area contributed by atoms with Crippen LogP contribution in [0.5, 0.6) is 5.75 Å². The smallest absolute Gasteiger partial charge is 0.247 e. The minimum atomic E-state index is -0.993. The highest BCUT2D eigenvalue weighted by Crippen LogP contribution is 2.66. The van der Waals surface area contributed by atoms with E-state index in [9.17, 15) is 14.7 Å². The van der Waals surface area contributed by atoms with Crippen molar-refractivity contribution in [3.63, 3.8) is 0 Å². The molecule has 7 rings (SSSR count). The molecule has 0 aromatic heterocycles. The number of benzene rings is 2. The number of likely N-dealkylation sites (tertiary alicyclic amines) is 1. The molecule has 1 spiro atoms. The normalized spacial score (nSPS) is 30.6. The molecular weight excluding hydrogens is 641 g/mol. The fraction of sp³-hybridized carbons (Fsp3) is 0.500. The minimum Gasteiger partial charge on any atom is -0.494 e. The molecule has 5 heterocycles. The zero-order valence-corrected chi connectivity index (χ0v) is 29.1. The van der Waals surface area contributed by atoms with Crippen LogP contribution in [0.3, 0.4) is 0 Å². The van der Waals surface area contributed by atoms with Crippen molar-refractivity contribution in [2.24, 2.45) is 11.8 Å². The van der Waals surface area contributed by atoms with Gasteiger partial charge in [-0.15, -0.1) is 11.8 Å². The van der Waals surface area contributed by atoms with Crippen molar-refractivity contribution in [1.82, 2.24) is 14.7 Å². The van der Waals surface area contributed by atoms with Gasteiger partial charge in [0.15, 0.2) is 0 Å². The predicted molar refractivity (Wildman–Crippen MR) is 189 cm³/mol. The molecule has 3 fully saturated rings. The number of amides is 3. The number of hydrogen-bond donors (Lipinski definition) is 1. The first kappa shape index (κ1) is 33.8. The van der Waals surface area contributed by atoms with Crippen molar-refractivity contribution in [2.45, 2.75) is 41.8 Å². The lowest BCUT2D eigenvalue weighted by atomic mass is 9.74. The summed E-state index contributed by atoms with van der Waals surface area (Å²) in [6, 6.07) is 15.7.